The van der Waals surface area contributed by atoms with Gasteiger partial charge in [-0.1, -0.05) is 61.8 Å². The van der Waals surface area contributed by atoms with Crippen molar-refractivity contribution in [3.05, 3.63) is 64.7 Å². The molecule has 0 aliphatic heterocycles. The molecule has 1 amide bonds. The molecule has 2 atom stereocenters. The van der Waals surface area contributed by atoms with Crippen LogP contribution in [0.4, 0.5) is 5.69 Å². The van der Waals surface area contributed by atoms with Gasteiger partial charge in [0.15, 0.2) is 0 Å². The van der Waals surface area contributed by atoms with E-state index < -0.39 is 11.4 Å². The number of aryl methyl sites for hydroxylation is 1. The van der Waals surface area contributed by atoms with Crippen molar-refractivity contribution in [2.24, 2.45) is 21.4 Å². The summed E-state index contributed by atoms with van der Waals surface area (Å²) in [6, 6.07) is 14.5. The van der Waals surface area contributed by atoms with E-state index in [1.165, 1.54) is 0 Å². The van der Waals surface area contributed by atoms with E-state index in [9.17, 15) is 9.59 Å². The van der Waals surface area contributed by atoms with Gasteiger partial charge in [-0.25, -0.2) is 4.79 Å². The molecule has 1 N–H and O–H groups in total. The molecule has 162 valence electrons. The minimum Gasteiger partial charge on any atom is -0.326 e. The summed E-state index contributed by atoms with van der Waals surface area (Å²) in [7, 11) is 0. The number of amides is 1. The molecule has 2 aromatic carbocycles. The molecule has 0 radical (unpaired) electrons. The van der Waals surface area contributed by atoms with Crippen molar-refractivity contribution in [1.82, 2.24) is 0 Å². The number of oxime groups is 1. The van der Waals surface area contributed by atoms with E-state index in [0.29, 0.717) is 11.4 Å². The summed E-state index contributed by atoms with van der Waals surface area (Å²) in [5.41, 5.74) is 1.62. The number of hydrogen-bond donors (Lipinski definition) is 1. The number of nitrogens with one attached hydrogen (secondary N) is 1. The molecule has 2 aliphatic carbocycles. The number of carbonyl (C=O) groups excluding carboxylic acids is 2. The molecule has 2 aromatic rings. The maximum absolute atomic E-state index is 13.5. The number of carbonyl (C=O) groups is 2. The SMILES string of the molecule is Cc1cccc(NC(=O)C23CCC(C)(C(=NOC(=O)c4ccccc4Cl)C2)C3(C)C)c1. The van der Waals surface area contributed by atoms with Crippen molar-refractivity contribution >= 4 is 34.9 Å². The summed E-state index contributed by atoms with van der Waals surface area (Å²) < 4.78 is 0. The number of hydrogen-bond acceptors (Lipinski definition) is 4. The summed E-state index contributed by atoms with van der Waals surface area (Å²) in [5, 5.41) is 7.70. The van der Waals surface area contributed by atoms with Crippen LogP contribution in [-0.2, 0) is 9.63 Å². The van der Waals surface area contributed by atoms with Gasteiger partial charge in [-0.3, -0.25) is 4.79 Å². The molecule has 6 heteroatoms. The van der Waals surface area contributed by atoms with E-state index in [4.69, 9.17) is 16.4 Å². The fourth-order valence-electron chi connectivity index (χ4n) is 5.27. The van der Waals surface area contributed by atoms with Gasteiger partial charge in [0.25, 0.3) is 0 Å². The number of fused-ring (bicyclic) bond motifs is 2. The van der Waals surface area contributed by atoms with Gasteiger partial charge >= 0.3 is 5.97 Å². The number of benzene rings is 2. The lowest BCUT2D eigenvalue weighted by Gasteiger charge is -2.39. The fourth-order valence-corrected chi connectivity index (χ4v) is 5.48. The lowest BCUT2D eigenvalue weighted by molar-refractivity contribution is -0.130. The Hall–Kier alpha value is -2.66. The highest BCUT2D eigenvalue weighted by Crippen LogP contribution is 2.71. The second-order valence-electron chi connectivity index (χ2n) is 9.44. The smallest absolute Gasteiger partial charge is 0.326 e. The Kier molecular flexibility index (Phi) is 5.21. The molecule has 31 heavy (non-hydrogen) atoms. The van der Waals surface area contributed by atoms with Crippen LogP contribution in [0.2, 0.25) is 5.02 Å². The topological polar surface area (TPSA) is 67.8 Å². The Morgan fingerprint density at radius 1 is 1.06 bits per heavy atom. The standard InChI is InChI=1S/C25H27ClN2O3/c1-16-8-7-9-17(14-16)27-22(30)25-13-12-24(4,23(25,2)3)20(15-25)28-31-21(29)18-10-5-6-11-19(18)26/h5-11,14H,12-13,15H2,1-4H3,(H,27,30). The third kappa shape index (κ3) is 3.26. The van der Waals surface area contributed by atoms with Crippen LogP contribution in [0, 0.1) is 23.2 Å². The van der Waals surface area contributed by atoms with Gasteiger partial charge in [0.1, 0.15) is 0 Å². The van der Waals surface area contributed by atoms with Gasteiger partial charge in [-0.2, -0.15) is 0 Å². The molecule has 2 aliphatic rings. The molecule has 2 unspecified atom stereocenters. The first kappa shape index (κ1) is 21.6. The molecule has 0 aromatic heterocycles. The van der Waals surface area contributed by atoms with Crippen molar-refractivity contribution < 1.29 is 14.4 Å². The van der Waals surface area contributed by atoms with Gasteiger partial charge in [0.05, 0.1) is 21.7 Å². The van der Waals surface area contributed by atoms with Crippen LogP contribution in [0.25, 0.3) is 0 Å². The molecule has 4 rings (SSSR count). The number of nitrogens with zero attached hydrogens (tertiary/aromatic N) is 1. The Morgan fingerprint density at radius 2 is 1.81 bits per heavy atom. The third-order valence-corrected chi connectivity index (χ3v) is 8.11. The first-order valence-electron chi connectivity index (χ1n) is 10.5. The third-order valence-electron chi connectivity index (χ3n) is 7.78. The maximum Gasteiger partial charge on any atom is 0.367 e. The Morgan fingerprint density at radius 3 is 2.52 bits per heavy atom. The molecule has 0 saturated heterocycles. The van der Waals surface area contributed by atoms with E-state index in [1.54, 1.807) is 24.3 Å². The van der Waals surface area contributed by atoms with Crippen molar-refractivity contribution in [2.75, 3.05) is 5.32 Å². The number of halogens is 1. The molecule has 2 saturated carbocycles. The first-order valence-corrected chi connectivity index (χ1v) is 10.9. The monoisotopic (exact) mass is 438 g/mol. The lowest BCUT2D eigenvalue weighted by atomic mass is 9.64. The predicted molar refractivity (Wildman–Crippen MR) is 122 cm³/mol. The summed E-state index contributed by atoms with van der Waals surface area (Å²) in [6.07, 6.45) is 2.04. The van der Waals surface area contributed by atoms with Crippen molar-refractivity contribution in [2.45, 2.75) is 47.0 Å². The van der Waals surface area contributed by atoms with Crippen LogP contribution in [0.3, 0.4) is 0 Å². The van der Waals surface area contributed by atoms with Crippen molar-refractivity contribution in [3.63, 3.8) is 0 Å². The van der Waals surface area contributed by atoms with Crippen molar-refractivity contribution in [3.8, 4) is 0 Å². The Balaban J connectivity index is 1.60. The van der Waals surface area contributed by atoms with Crippen LogP contribution < -0.4 is 5.32 Å². The average molecular weight is 439 g/mol. The highest BCUT2D eigenvalue weighted by atomic mass is 35.5. The number of rotatable bonds is 4. The van der Waals surface area contributed by atoms with Gasteiger partial charge in [-0.05, 0) is 55.0 Å². The zero-order chi connectivity index (χ0) is 22.4. The number of anilines is 1. The van der Waals surface area contributed by atoms with Gasteiger partial charge in [0, 0.05) is 17.5 Å². The second kappa shape index (κ2) is 7.49. The summed E-state index contributed by atoms with van der Waals surface area (Å²) >= 11 is 6.10. The highest BCUT2D eigenvalue weighted by molar-refractivity contribution is 6.33. The predicted octanol–water partition coefficient (Wildman–Crippen LogP) is 6.02. The molecular formula is C25H27ClN2O3. The minimum atomic E-state index is -0.610. The summed E-state index contributed by atoms with van der Waals surface area (Å²) in [4.78, 5) is 31.3. The molecule has 0 spiro atoms. The Labute approximate surface area is 187 Å². The van der Waals surface area contributed by atoms with Crippen LogP contribution in [0.5, 0.6) is 0 Å². The minimum absolute atomic E-state index is 0.00513. The van der Waals surface area contributed by atoms with Gasteiger partial charge in [-0.15, -0.1) is 0 Å². The molecular weight excluding hydrogens is 412 g/mol. The zero-order valence-electron chi connectivity index (χ0n) is 18.3. The lowest BCUT2D eigenvalue weighted by Crippen LogP contribution is -2.43. The largest absolute Gasteiger partial charge is 0.367 e. The zero-order valence-corrected chi connectivity index (χ0v) is 19.0. The molecule has 2 fully saturated rings. The van der Waals surface area contributed by atoms with Crippen LogP contribution in [0.1, 0.15) is 56.0 Å². The normalized spacial score (nSPS) is 27.3. The quantitative estimate of drug-likeness (QED) is 0.469. The molecule has 2 bridgehead atoms. The Bertz CT molecular complexity index is 1090. The second-order valence-corrected chi connectivity index (χ2v) is 9.84. The summed E-state index contributed by atoms with van der Waals surface area (Å²) in [5.74, 6) is -0.602. The fraction of sp³-hybridized carbons (Fsp3) is 0.400. The highest BCUT2D eigenvalue weighted by Gasteiger charge is 2.71. The molecule has 5 nitrogen and oxygen atoms in total. The maximum atomic E-state index is 13.5. The van der Waals surface area contributed by atoms with Crippen molar-refractivity contribution in [1.29, 1.82) is 0 Å². The van der Waals surface area contributed by atoms with E-state index in [-0.39, 0.29) is 22.3 Å². The summed E-state index contributed by atoms with van der Waals surface area (Å²) in [6.45, 7) is 8.35. The van der Waals surface area contributed by atoms with Gasteiger partial charge < -0.3 is 10.2 Å². The van der Waals surface area contributed by atoms with E-state index in [1.807, 2.05) is 31.2 Å². The van der Waals surface area contributed by atoms with E-state index in [0.717, 1.165) is 29.8 Å². The van der Waals surface area contributed by atoms with Crippen LogP contribution >= 0.6 is 11.6 Å². The van der Waals surface area contributed by atoms with Crippen LogP contribution in [0.15, 0.2) is 53.7 Å². The molecule has 0 heterocycles. The van der Waals surface area contributed by atoms with Gasteiger partial charge in [0.2, 0.25) is 5.91 Å². The average Bonchev–Trinajstić information content (AvgIpc) is 3.03. The first-order chi connectivity index (χ1) is 14.6. The van der Waals surface area contributed by atoms with E-state index >= 15 is 0 Å². The van der Waals surface area contributed by atoms with E-state index in [2.05, 4.69) is 31.2 Å². The van der Waals surface area contributed by atoms with Crippen LogP contribution in [-0.4, -0.2) is 17.6 Å².